The molecule has 1 amide bonds. The van der Waals surface area contributed by atoms with Gasteiger partial charge in [0.25, 0.3) is 5.91 Å². The van der Waals surface area contributed by atoms with Gasteiger partial charge in [-0.3, -0.25) is 4.79 Å². The Balaban J connectivity index is 1.66. The molecule has 2 aromatic rings. The van der Waals surface area contributed by atoms with Crippen LogP contribution >= 0.6 is 11.6 Å². The first-order chi connectivity index (χ1) is 11.1. The summed E-state index contributed by atoms with van der Waals surface area (Å²) >= 11 is 6.04. The zero-order valence-corrected chi connectivity index (χ0v) is 14.4. The Morgan fingerprint density at radius 3 is 2.74 bits per heavy atom. The molecule has 1 aromatic heterocycles. The van der Waals surface area contributed by atoms with Gasteiger partial charge in [0.2, 0.25) is 0 Å². The minimum atomic E-state index is 0.0991. The molecule has 5 heteroatoms. The summed E-state index contributed by atoms with van der Waals surface area (Å²) in [4.78, 5) is 19.1. The largest absolute Gasteiger partial charge is 0.339 e. The van der Waals surface area contributed by atoms with Crippen molar-refractivity contribution in [2.75, 3.05) is 13.1 Å². The van der Waals surface area contributed by atoms with Crippen LogP contribution in [0.1, 0.15) is 47.4 Å². The third kappa shape index (κ3) is 3.27. The Morgan fingerprint density at radius 1 is 1.35 bits per heavy atom. The van der Waals surface area contributed by atoms with Gasteiger partial charge in [0.05, 0.1) is 0 Å². The molecular formula is C18H22ClN3O. The highest BCUT2D eigenvalue weighted by Gasteiger charge is 2.26. The highest BCUT2D eigenvalue weighted by Crippen LogP contribution is 2.28. The molecule has 2 heterocycles. The molecule has 4 nitrogen and oxygen atoms in total. The van der Waals surface area contributed by atoms with Gasteiger partial charge in [-0.05, 0) is 50.5 Å². The standard InChI is InChI=1S/C18H22ClN3O/c1-3-21-11-8-20-17(21)14-6-9-22(10-7-14)18(23)15-4-5-16(19)13(2)12-15/h4-5,8,11-12,14H,3,6-7,9-10H2,1-2H3. The molecule has 0 unspecified atom stereocenters. The molecule has 0 atom stereocenters. The van der Waals surface area contributed by atoms with E-state index in [0.29, 0.717) is 10.9 Å². The molecule has 1 aliphatic rings. The summed E-state index contributed by atoms with van der Waals surface area (Å²) < 4.78 is 2.20. The van der Waals surface area contributed by atoms with E-state index in [-0.39, 0.29) is 5.91 Å². The van der Waals surface area contributed by atoms with Crippen molar-refractivity contribution in [2.45, 2.75) is 39.2 Å². The SMILES string of the molecule is CCn1ccnc1C1CCN(C(=O)c2ccc(Cl)c(C)c2)CC1. The fourth-order valence-electron chi connectivity index (χ4n) is 3.25. The summed E-state index contributed by atoms with van der Waals surface area (Å²) in [6.45, 7) is 6.56. The van der Waals surface area contributed by atoms with Crippen molar-refractivity contribution in [3.63, 3.8) is 0 Å². The third-order valence-corrected chi connectivity index (χ3v) is 5.06. The number of likely N-dealkylation sites (tertiary alicyclic amines) is 1. The van der Waals surface area contributed by atoms with Crippen molar-refractivity contribution in [3.8, 4) is 0 Å². The van der Waals surface area contributed by atoms with Gasteiger partial charge in [-0.15, -0.1) is 0 Å². The number of nitrogens with zero attached hydrogens (tertiary/aromatic N) is 3. The van der Waals surface area contributed by atoms with Gasteiger partial charge < -0.3 is 9.47 Å². The Bertz CT molecular complexity index is 702. The highest BCUT2D eigenvalue weighted by atomic mass is 35.5. The number of piperidine rings is 1. The molecular weight excluding hydrogens is 310 g/mol. The fraction of sp³-hybridized carbons (Fsp3) is 0.444. The van der Waals surface area contributed by atoms with Crippen LogP contribution in [0.3, 0.4) is 0 Å². The van der Waals surface area contributed by atoms with Crippen LogP contribution < -0.4 is 0 Å². The number of carbonyl (C=O) groups excluding carboxylic acids is 1. The molecule has 1 aliphatic heterocycles. The third-order valence-electron chi connectivity index (χ3n) is 4.64. The monoisotopic (exact) mass is 331 g/mol. The van der Waals surface area contributed by atoms with Crippen LogP contribution in [0, 0.1) is 6.92 Å². The Hall–Kier alpha value is -1.81. The maximum absolute atomic E-state index is 12.6. The summed E-state index contributed by atoms with van der Waals surface area (Å²) in [5.41, 5.74) is 1.66. The van der Waals surface area contributed by atoms with Crippen LogP contribution in [0.5, 0.6) is 0 Å². The summed E-state index contributed by atoms with van der Waals surface area (Å²) in [6, 6.07) is 5.49. The number of benzene rings is 1. The smallest absolute Gasteiger partial charge is 0.253 e. The molecule has 1 aromatic carbocycles. The number of aryl methyl sites for hydroxylation is 2. The van der Waals surface area contributed by atoms with Crippen molar-refractivity contribution >= 4 is 17.5 Å². The molecule has 1 fully saturated rings. The molecule has 23 heavy (non-hydrogen) atoms. The number of carbonyl (C=O) groups is 1. The normalized spacial score (nSPS) is 15.9. The summed E-state index contributed by atoms with van der Waals surface area (Å²) in [6.07, 6.45) is 5.83. The Morgan fingerprint density at radius 2 is 2.09 bits per heavy atom. The lowest BCUT2D eigenvalue weighted by atomic mass is 9.95. The van der Waals surface area contributed by atoms with Crippen molar-refractivity contribution in [1.82, 2.24) is 14.5 Å². The Kier molecular flexibility index (Phi) is 4.71. The minimum Gasteiger partial charge on any atom is -0.339 e. The maximum atomic E-state index is 12.6. The van der Waals surface area contributed by atoms with Crippen LogP contribution in [0.15, 0.2) is 30.6 Å². The van der Waals surface area contributed by atoms with Crippen molar-refractivity contribution in [2.24, 2.45) is 0 Å². The second-order valence-electron chi connectivity index (χ2n) is 6.10. The molecule has 0 N–H and O–H groups in total. The number of rotatable bonds is 3. The quantitative estimate of drug-likeness (QED) is 0.856. The first kappa shape index (κ1) is 16.1. The summed E-state index contributed by atoms with van der Waals surface area (Å²) in [5, 5.41) is 0.701. The number of imidazole rings is 1. The summed E-state index contributed by atoms with van der Waals surface area (Å²) in [5.74, 6) is 1.70. The second kappa shape index (κ2) is 6.75. The number of amides is 1. The van der Waals surface area contributed by atoms with E-state index < -0.39 is 0 Å². The van der Waals surface area contributed by atoms with E-state index in [4.69, 9.17) is 11.6 Å². The fourth-order valence-corrected chi connectivity index (χ4v) is 3.37. The highest BCUT2D eigenvalue weighted by molar-refractivity contribution is 6.31. The van der Waals surface area contributed by atoms with Gasteiger partial charge in [-0.2, -0.15) is 0 Å². The number of hydrogen-bond acceptors (Lipinski definition) is 2. The van der Waals surface area contributed by atoms with Gasteiger partial charge in [0.15, 0.2) is 0 Å². The zero-order chi connectivity index (χ0) is 16.4. The lowest BCUT2D eigenvalue weighted by molar-refractivity contribution is 0.0710. The van der Waals surface area contributed by atoms with Crippen LogP contribution in [0.2, 0.25) is 5.02 Å². The van der Waals surface area contributed by atoms with Gasteiger partial charge in [0, 0.05) is 48.5 Å². The van der Waals surface area contributed by atoms with E-state index in [1.807, 2.05) is 36.4 Å². The van der Waals surface area contributed by atoms with E-state index in [9.17, 15) is 4.79 Å². The van der Waals surface area contributed by atoms with Crippen LogP contribution in [0.25, 0.3) is 0 Å². The van der Waals surface area contributed by atoms with Crippen molar-refractivity contribution < 1.29 is 4.79 Å². The lowest BCUT2D eigenvalue weighted by Gasteiger charge is -2.32. The molecule has 0 aliphatic carbocycles. The maximum Gasteiger partial charge on any atom is 0.253 e. The first-order valence-electron chi connectivity index (χ1n) is 8.16. The van der Waals surface area contributed by atoms with Gasteiger partial charge in [-0.1, -0.05) is 11.6 Å². The van der Waals surface area contributed by atoms with Crippen LogP contribution in [0.4, 0.5) is 0 Å². The molecule has 3 rings (SSSR count). The van der Waals surface area contributed by atoms with Crippen molar-refractivity contribution in [1.29, 1.82) is 0 Å². The Labute approximate surface area is 142 Å². The molecule has 1 saturated heterocycles. The number of aromatic nitrogens is 2. The van der Waals surface area contributed by atoms with Gasteiger partial charge in [0.1, 0.15) is 5.82 Å². The molecule has 122 valence electrons. The lowest BCUT2D eigenvalue weighted by Crippen LogP contribution is -2.38. The van der Waals surface area contributed by atoms with E-state index in [1.54, 1.807) is 6.07 Å². The van der Waals surface area contributed by atoms with Gasteiger partial charge >= 0.3 is 0 Å². The second-order valence-corrected chi connectivity index (χ2v) is 6.51. The average Bonchev–Trinajstić information content (AvgIpc) is 3.05. The molecule has 0 radical (unpaired) electrons. The topological polar surface area (TPSA) is 38.1 Å². The molecule has 0 saturated carbocycles. The summed E-state index contributed by atoms with van der Waals surface area (Å²) in [7, 11) is 0. The van der Waals surface area contributed by atoms with Gasteiger partial charge in [-0.25, -0.2) is 4.98 Å². The predicted octanol–water partition coefficient (Wildman–Crippen LogP) is 3.88. The molecule has 0 bridgehead atoms. The zero-order valence-electron chi connectivity index (χ0n) is 13.6. The average molecular weight is 332 g/mol. The van der Waals surface area contributed by atoms with E-state index in [2.05, 4.69) is 16.5 Å². The first-order valence-corrected chi connectivity index (χ1v) is 8.54. The van der Waals surface area contributed by atoms with E-state index in [1.165, 1.54) is 0 Å². The minimum absolute atomic E-state index is 0.0991. The van der Waals surface area contributed by atoms with Crippen molar-refractivity contribution in [3.05, 3.63) is 52.6 Å². The van der Waals surface area contributed by atoms with E-state index in [0.717, 1.165) is 49.4 Å². The molecule has 0 spiro atoms. The van der Waals surface area contributed by atoms with Crippen LogP contribution in [-0.4, -0.2) is 33.4 Å². The number of halogens is 1. The van der Waals surface area contributed by atoms with Crippen LogP contribution in [-0.2, 0) is 6.54 Å². The van der Waals surface area contributed by atoms with E-state index >= 15 is 0 Å². The predicted molar refractivity (Wildman–Crippen MR) is 92.0 cm³/mol. The number of hydrogen-bond donors (Lipinski definition) is 0.